The van der Waals surface area contributed by atoms with Crippen molar-refractivity contribution in [2.45, 2.75) is 12.6 Å². The standard InChI is InChI=1S/C26H21NO6/c1-31-20-12-13-21-19(14-23(28)33-22(21)15-20)16-32-26(30)24(17-8-4-2-5-9-17)27-25(29)18-10-6-3-7-11-18/h2-15,24H,16H2,1H3,(H,27,29). The molecule has 0 radical (unpaired) electrons. The van der Waals surface area contributed by atoms with Crippen LogP contribution in [0.4, 0.5) is 0 Å². The Morgan fingerprint density at radius 3 is 2.33 bits per heavy atom. The maximum Gasteiger partial charge on any atom is 0.336 e. The molecule has 3 aromatic carbocycles. The molecule has 1 amide bonds. The minimum Gasteiger partial charge on any atom is -0.497 e. The molecule has 33 heavy (non-hydrogen) atoms. The van der Waals surface area contributed by atoms with Crippen LogP contribution in [0.1, 0.15) is 27.5 Å². The number of ether oxygens (including phenoxy) is 2. The number of methoxy groups -OCH3 is 1. The summed E-state index contributed by atoms with van der Waals surface area (Å²) in [5.41, 5.74) is 1.24. The first-order valence-electron chi connectivity index (χ1n) is 10.2. The number of carbonyl (C=O) groups excluding carboxylic acids is 2. The number of nitrogens with one attached hydrogen (secondary N) is 1. The van der Waals surface area contributed by atoms with Crippen LogP contribution in [0.2, 0.25) is 0 Å². The highest BCUT2D eigenvalue weighted by Gasteiger charge is 2.25. The summed E-state index contributed by atoms with van der Waals surface area (Å²) in [6.07, 6.45) is 0. The molecule has 0 aliphatic rings. The van der Waals surface area contributed by atoms with Crippen LogP contribution in [0, 0.1) is 0 Å². The highest BCUT2D eigenvalue weighted by Crippen LogP contribution is 2.24. The molecule has 0 spiro atoms. The second kappa shape index (κ2) is 9.82. The maximum atomic E-state index is 13.0. The largest absolute Gasteiger partial charge is 0.497 e. The van der Waals surface area contributed by atoms with Crippen molar-refractivity contribution in [3.8, 4) is 5.75 Å². The van der Waals surface area contributed by atoms with E-state index in [1.165, 1.54) is 13.2 Å². The monoisotopic (exact) mass is 443 g/mol. The lowest BCUT2D eigenvalue weighted by atomic mass is 10.1. The number of fused-ring (bicyclic) bond motifs is 1. The Hall–Kier alpha value is -4.39. The summed E-state index contributed by atoms with van der Waals surface area (Å²) in [6, 6.07) is 22.7. The van der Waals surface area contributed by atoms with Crippen molar-refractivity contribution in [3.63, 3.8) is 0 Å². The molecule has 0 aliphatic carbocycles. The predicted molar refractivity (Wildman–Crippen MR) is 122 cm³/mol. The van der Waals surface area contributed by atoms with Crippen LogP contribution < -0.4 is 15.7 Å². The van der Waals surface area contributed by atoms with Gasteiger partial charge in [-0.25, -0.2) is 9.59 Å². The van der Waals surface area contributed by atoms with Gasteiger partial charge in [0.15, 0.2) is 6.04 Å². The molecule has 0 bridgehead atoms. The molecule has 0 fully saturated rings. The Labute approximate surface area is 189 Å². The fraction of sp³-hybridized carbons (Fsp3) is 0.115. The summed E-state index contributed by atoms with van der Waals surface area (Å²) in [5.74, 6) is -0.521. The summed E-state index contributed by atoms with van der Waals surface area (Å²) < 4.78 is 15.9. The van der Waals surface area contributed by atoms with Crippen molar-refractivity contribution >= 4 is 22.8 Å². The molecular weight excluding hydrogens is 422 g/mol. The Morgan fingerprint density at radius 1 is 0.939 bits per heavy atom. The van der Waals surface area contributed by atoms with Crippen molar-refractivity contribution in [2.24, 2.45) is 0 Å². The van der Waals surface area contributed by atoms with Gasteiger partial charge in [-0.3, -0.25) is 4.79 Å². The van der Waals surface area contributed by atoms with Crippen LogP contribution in [0.5, 0.6) is 5.75 Å². The molecule has 1 atom stereocenters. The molecule has 0 saturated heterocycles. The third-order valence-corrected chi connectivity index (χ3v) is 5.09. The first-order chi connectivity index (χ1) is 16.0. The van der Waals surface area contributed by atoms with E-state index in [9.17, 15) is 14.4 Å². The van der Waals surface area contributed by atoms with Gasteiger partial charge in [0.25, 0.3) is 5.91 Å². The predicted octanol–water partition coefficient (Wildman–Crippen LogP) is 4.02. The van der Waals surface area contributed by atoms with Crippen LogP contribution in [0.3, 0.4) is 0 Å². The van der Waals surface area contributed by atoms with E-state index in [4.69, 9.17) is 13.9 Å². The molecular formula is C26H21NO6. The Kier molecular flexibility index (Phi) is 6.50. The molecule has 7 nitrogen and oxygen atoms in total. The van der Waals surface area contributed by atoms with Crippen molar-refractivity contribution in [1.82, 2.24) is 5.32 Å². The second-order valence-corrected chi connectivity index (χ2v) is 7.24. The van der Waals surface area contributed by atoms with E-state index < -0.39 is 23.5 Å². The average molecular weight is 443 g/mol. The van der Waals surface area contributed by atoms with E-state index in [-0.39, 0.29) is 6.61 Å². The lowest BCUT2D eigenvalue weighted by molar-refractivity contribution is -0.147. The molecule has 0 aliphatic heterocycles. The van der Waals surface area contributed by atoms with E-state index in [1.807, 2.05) is 6.07 Å². The van der Waals surface area contributed by atoms with Crippen molar-refractivity contribution in [3.05, 3.63) is 112 Å². The molecule has 7 heteroatoms. The van der Waals surface area contributed by atoms with Gasteiger partial charge < -0.3 is 19.2 Å². The van der Waals surface area contributed by atoms with Crippen LogP contribution >= 0.6 is 0 Å². The highest BCUT2D eigenvalue weighted by atomic mass is 16.5. The fourth-order valence-electron chi connectivity index (χ4n) is 3.42. The molecule has 0 saturated carbocycles. The summed E-state index contributed by atoms with van der Waals surface area (Å²) in [5, 5.41) is 3.36. The number of esters is 1. The first kappa shape index (κ1) is 21.8. The molecule has 4 rings (SSSR count). The Morgan fingerprint density at radius 2 is 1.64 bits per heavy atom. The van der Waals surface area contributed by atoms with E-state index in [1.54, 1.807) is 72.8 Å². The van der Waals surface area contributed by atoms with E-state index >= 15 is 0 Å². The molecule has 1 aromatic heterocycles. The second-order valence-electron chi connectivity index (χ2n) is 7.24. The van der Waals surface area contributed by atoms with Crippen LogP contribution in [0.15, 0.2) is 94.1 Å². The van der Waals surface area contributed by atoms with Gasteiger partial charge in [-0.2, -0.15) is 0 Å². The highest BCUT2D eigenvalue weighted by molar-refractivity contribution is 5.97. The minimum atomic E-state index is -1.02. The van der Waals surface area contributed by atoms with Crippen molar-refractivity contribution < 1.29 is 23.5 Å². The molecule has 166 valence electrons. The number of carbonyl (C=O) groups is 2. The average Bonchev–Trinajstić information content (AvgIpc) is 2.86. The minimum absolute atomic E-state index is 0.169. The van der Waals surface area contributed by atoms with Gasteiger partial charge >= 0.3 is 11.6 Å². The molecule has 1 N–H and O–H groups in total. The number of benzene rings is 3. The number of hydrogen-bond donors (Lipinski definition) is 1. The smallest absolute Gasteiger partial charge is 0.336 e. The van der Waals surface area contributed by atoms with Crippen LogP contribution in [-0.2, 0) is 16.1 Å². The Bertz CT molecular complexity index is 1330. The van der Waals surface area contributed by atoms with Gasteiger partial charge in [0.05, 0.1) is 7.11 Å². The topological polar surface area (TPSA) is 94.8 Å². The lowest BCUT2D eigenvalue weighted by Crippen LogP contribution is -2.35. The summed E-state index contributed by atoms with van der Waals surface area (Å²) >= 11 is 0. The quantitative estimate of drug-likeness (QED) is 0.343. The van der Waals surface area contributed by atoms with Gasteiger partial charge in [0.1, 0.15) is 17.9 Å². The zero-order chi connectivity index (χ0) is 23.2. The number of hydrogen-bond acceptors (Lipinski definition) is 6. The summed E-state index contributed by atoms with van der Waals surface area (Å²) in [6.45, 7) is -0.169. The number of amides is 1. The van der Waals surface area contributed by atoms with Crippen molar-refractivity contribution in [1.29, 1.82) is 0 Å². The van der Waals surface area contributed by atoms with E-state index in [2.05, 4.69) is 5.32 Å². The molecule has 1 unspecified atom stereocenters. The number of rotatable bonds is 7. The van der Waals surface area contributed by atoms with Gasteiger partial charge in [-0.1, -0.05) is 48.5 Å². The Balaban J connectivity index is 1.57. The van der Waals surface area contributed by atoms with Crippen LogP contribution in [0.25, 0.3) is 11.0 Å². The lowest BCUT2D eigenvalue weighted by Gasteiger charge is -2.18. The zero-order valence-corrected chi connectivity index (χ0v) is 17.8. The maximum absolute atomic E-state index is 13.0. The third-order valence-electron chi connectivity index (χ3n) is 5.09. The van der Waals surface area contributed by atoms with Gasteiger partial charge in [-0.15, -0.1) is 0 Å². The van der Waals surface area contributed by atoms with E-state index in [0.29, 0.717) is 33.4 Å². The third kappa shape index (κ3) is 5.10. The molecule has 4 aromatic rings. The fourth-order valence-corrected chi connectivity index (χ4v) is 3.42. The SMILES string of the molecule is COc1ccc2c(COC(=O)C(NC(=O)c3ccccc3)c3ccccc3)cc(=O)oc2c1. The van der Waals surface area contributed by atoms with Gasteiger partial charge in [-0.05, 0) is 29.8 Å². The van der Waals surface area contributed by atoms with Gasteiger partial charge in [0.2, 0.25) is 0 Å². The zero-order valence-electron chi connectivity index (χ0n) is 17.8. The normalized spacial score (nSPS) is 11.5. The summed E-state index contributed by atoms with van der Waals surface area (Å²) in [4.78, 5) is 37.8. The van der Waals surface area contributed by atoms with E-state index in [0.717, 1.165) is 0 Å². The first-order valence-corrected chi connectivity index (χ1v) is 10.2. The summed E-state index contributed by atoms with van der Waals surface area (Å²) in [7, 11) is 1.51. The van der Waals surface area contributed by atoms with Crippen molar-refractivity contribution in [2.75, 3.05) is 7.11 Å². The van der Waals surface area contributed by atoms with Gasteiger partial charge in [0, 0.05) is 28.6 Å². The van der Waals surface area contributed by atoms with Crippen LogP contribution in [-0.4, -0.2) is 19.0 Å². The molecule has 1 heterocycles.